The van der Waals surface area contributed by atoms with E-state index in [1.54, 1.807) is 18.2 Å². The summed E-state index contributed by atoms with van der Waals surface area (Å²) in [6.07, 6.45) is 11.4. The molecule has 1 unspecified atom stereocenters. The third-order valence-corrected chi connectivity index (χ3v) is 2.60. The van der Waals surface area contributed by atoms with Gasteiger partial charge in [0, 0.05) is 27.5 Å². The molecule has 2 N–H and O–H groups in total. The second-order valence-electron chi connectivity index (χ2n) is 4.13. The average Bonchev–Trinajstić information content (AvgIpc) is 2.41. The number of hydrogen-bond acceptors (Lipinski definition) is 3. The molecule has 1 aliphatic heterocycles. The standard InChI is InChI=1S/C15H17N2O3.W/c1-3-5-6-8-11(7-4-2)14(19)16-12-9-10-13(18)17-15(12)20;/h3-7,12H,2,9-10H2,1H3,(H,16,19)(H,17,18,20);/q-1;/b5-3-,11-7+;. The predicted octanol–water partition coefficient (Wildman–Crippen LogP) is 0.953. The van der Waals surface area contributed by atoms with Crippen LogP contribution in [-0.2, 0) is 35.4 Å². The molecule has 6 heteroatoms. The van der Waals surface area contributed by atoms with Crippen LogP contribution in [0.5, 0.6) is 0 Å². The molecule has 0 bridgehead atoms. The molecule has 112 valence electrons. The Kier molecular flexibility index (Phi) is 9.22. The van der Waals surface area contributed by atoms with Gasteiger partial charge in [0.05, 0.1) is 0 Å². The Morgan fingerprint density at radius 2 is 2.19 bits per heavy atom. The van der Waals surface area contributed by atoms with Gasteiger partial charge in [-0.15, -0.1) is 43.0 Å². The van der Waals surface area contributed by atoms with Crippen molar-refractivity contribution in [2.75, 3.05) is 0 Å². The van der Waals surface area contributed by atoms with Crippen LogP contribution in [0.1, 0.15) is 19.8 Å². The summed E-state index contributed by atoms with van der Waals surface area (Å²) in [7, 11) is 0. The first kappa shape index (κ1) is 19.3. The van der Waals surface area contributed by atoms with E-state index < -0.39 is 17.9 Å². The largest absolute Gasteiger partial charge is 0.381 e. The van der Waals surface area contributed by atoms with Gasteiger partial charge in [-0.3, -0.25) is 14.9 Å². The maximum absolute atomic E-state index is 12.0. The maximum Gasteiger partial charge on any atom is 0.248 e. The number of piperidine rings is 1. The van der Waals surface area contributed by atoms with E-state index in [2.05, 4.69) is 23.3 Å². The molecule has 5 nitrogen and oxygen atoms in total. The van der Waals surface area contributed by atoms with E-state index >= 15 is 0 Å². The van der Waals surface area contributed by atoms with E-state index in [4.69, 9.17) is 0 Å². The summed E-state index contributed by atoms with van der Waals surface area (Å²) in [6, 6.07) is -0.697. The van der Waals surface area contributed by atoms with Crippen molar-refractivity contribution in [3.05, 3.63) is 48.6 Å². The Bertz CT molecular complexity index is 507. The van der Waals surface area contributed by atoms with Crippen molar-refractivity contribution in [3.63, 3.8) is 0 Å². The second-order valence-corrected chi connectivity index (χ2v) is 4.13. The summed E-state index contributed by atoms with van der Waals surface area (Å²) < 4.78 is 0. The normalized spacial score (nSPS) is 19.3. The first-order valence-corrected chi connectivity index (χ1v) is 6.26. The van der Waals surface area contributed by atoms with Gasteiger partial charge < -0.3 is 10.1 Å². The van der Waals surface area contributed by atoms with E-state index in [0.29, 0.717) is 6.42 Å². The van der Waals surface area contributed by atoms with Gasteiger partial charge in [0.25, 0.3) is 0 Å². The van der Waals surface area contributed by atoms with Gasteiger partial charge in [-0.25, -0.2) is 0 Å². The topological polar surface area (TPSA) is 75.3 Å². The second kappa shape index (κ2) is 10.1. The third-order valence-electron chi connectivity index (χ3n) is 2.60. The van der Waals surface area contributed by atoms with Crippen molar-refractivity contribution in [2.45, 2.75) is 25.8 Å². The van der Waals surface area contributed by atoms with Crippen molar-refractivity contribution in [1.29, 1.82) is 0 Å². The van der Waals surface area contributed by atoms with Crippen LogP contribution in [0.25, 0.3) is 0 Å². The van der Waals surface area contributed by atoms with Crippen molar-refractivity contribution in [2.24, 2.45) is 0 Å². The third kappa shape index (κ3) is 6.50. The molecule has 1 fully saturated rings. The van der Waals surface area contributed by atoms with Crippen molar-refractivity contribution >= 4 is 17.7 Å². The first-order chi connectivity index (χ1) is 9.58. The van der Waals surface area contributed by atoms with Gasteiger partial charge in [-0.05, 0) is 6.42 Å². The molecule has 0 aromatic rings. The molecular weight excluding hydrogens is 440 g/mol. The molecule has 0 saturated carbocycles. The summed E-state index contributed by atoms with van der Waals surface area (Å²) in [5.41, 5.74) is 0.266. The molecule has 0 radical (unpaired) electrons. The summed E-state index contributed by atoms with van der Waals surface area (Å²) in [5.74, 6) is -1.23. The first-order valence-electron chi connectivity index (χ1n) is 6.26. The summed E-state index contributed by atoms with van der Waals surface area (Å²) >= 11 is 0. The zero-order chi connectivity index (χ0) is 15.0. The van der Waals surface area contributed by atoms with E-state index in [-0.39, 0.29) is 39.0 Å². The number of carbonyl (C=O) groups is 3. The minimum atomic E-state index is -0.697. The molecule has 0 spiro atoms. The van der Waals surface area contributed by atoms with Gasteiger partial charge in [0.1, 0.15) is 6.04 Å². The summed E-state index contributed by atoms with van der Waals surface area (Å²) in [5, 5.41) is 4.76. The molecule has 21 heavy (non-hydrogen) atoms. The molecule has 0 aromatic carbocycles. The number of carbonyl (C=O) groups excluding carboxylic acids is 3. The zero-order valence-corrected chi connectivity index (χ0v) is 14.7. The van der Waals surface area contributed by atoms with Crippen LogP contribution in [0.3, 0.4) is 0 Å². The van der Waals surface area contributed by atoms with Crippen LogP contribution in [0, 0.1) is 6.08 Å². The Labute approximate surface area is 138 Å². The molecule has 1 atom stereocenters. The van der Waals surface area contributed by atoms with Gasteiger partial charge in [0.15, 0.2) is 5.91 Å². The minimum absolute atomic E-state index is 0. The van der Waals surface area contributed by atoms with Gasteiger partial charge in [-0.1, -0.05) is 12.5 Å². The van der Waals surface area contributed by atoms with Crippen LogP contribution in [0.2, 0.25) is 0 Å². The fraction of sp³-hybridized carbons (Fsp3) is 0.267. The van der Waals surface area contributed by atoms with Crippen LogP contribution in [0.4, 0.5) is 0 Å². The Hall–Kier alpha value is -1.74. The van der Waals surface area contributed by atoms with E-state index in [9.17, 15) is 14.4 Å². The number of rotatable bonds is 5. The fourth-order valence-corrected chi connectivity index (χ4v) is 1.61. The number of allylic oxidation sites excluding steroid dienone is 5. The van der Waals surface area contributed by atoms with Gasteiger partial charge >= 0.3 is 0 Å². The van der Waals surface area contributed by atoms with Crippen LogP contribution < -0.4 is 10.6 Å². The summed E-state index contributed by atoms with van der Waals surface area (Å²) in [6.45, 7) is 5.38. The number of nitrogens with one attached hydrogen (secondary N) is 2. The fourth-order valence-electron chi connectivity index (χ4n) is 1.61. The summed E-state index contributed by atoms with van der Waals surface area (Å²) in [4.78, 5) is 34.6. The number of hydrogen-bond donors (Lipinski definition) is 2. The molecule has 0 aromatic heterocycles. The molecular formula is C15H17N2O3W-. The Balaban J connectivity index is 0.00000400. The number of amides is 3. The monoisotopic (exact) mass is 457 g/mol. The smallest absolute Gasteiger partial charge is 0.248 e. The van der Waals surface area contributed by atoms with Gasteiger partial charge in [0.2, 0.25) is 11.8 Å². The Morgan fingerprint density at radius 1 is 1.48 bits per heavy atom. The van der Waals surface area contributed by atoms with Gasteiger partial charge in [-0.2, -0.15) is 0 Å². The zero-order valence-electron chi connectivity index (χ0n) is 11.7. The van der Waals surface area contributed by atoms with Crippen LogP contribution in [0.15, 0.2) is 42.5 Å². The van der Waals surface area contributed by atoms with Crippen molar-refractivity contribution in [3.8, 4) is 0 Å². The van der Waals surface area contributed by atoms with Crippen LogP contribution >= 0.6 is 0 Å². The van der Waals surface area contributed by atoms with Crippen LogP contribution in [-0.4, -0.2) is 23.8 Å². The predicted molar refractivity (Wildman–Crippen MR) is 75.2 cm³/mol. The molecule has 1 heterocycles. The molecule has 1 rings (SSSR count). The van der Waals surface area contributed by atoms with E-state index in [0.717, 1.165) is 0 Å². The van der Waals surface area contributed by atoms with Crippen molar-refractivity contribution in [1.82, 2.24) is 10.6 Å². The number of imide groups is 1. The minimum Gasteiger partial charge on any atom is -0.381 e. The molecule has 3 amide bonds. The Morgan fingerprint density at radius 3 is 2.76 bits per heavy atom. The molecule has 1 saturated heterocycles. The SMILES string of the molecule is C=C\C=C(/[C-]=C\C=C/C)C(=O)NC1CCC(=O)NC1=O.[W]. The quantitative estimate of drug-likeness (QED) is 0.280. The average molecular weight is 457 g/mol. The maximum atomic E-state index is 12.0. The molecule has 1 aliphatic rings. The van der Waals surface area contributed by atoms with Crippen molar-refractivity contribution < 1.29 is 35.4 Å². The van der Waals surface area contributed by atoms with E-state index in [1.807, 2.05) is 6.92 Å². The van der Waals surface area contributed by atoms with E-state index in [1.165, 1.54) is 12.2 Å². The molecule has 0 aliphatic carbocycles.